The van der Waals surface area contributed by atoms with Crippen LogP contribution in [0.5, 0.6) is 11.5 Å². The molecule has 0 unspecified atom stereocenters. The Morgan fingerprint density at radius 2 is 1.95 bits per heavy atom. The molecule has 2 N–H and O–H groups in total. The molecule has 2 amide bonds. The van der Waals surface area contributed by atoms with E-state index in [1.54, 1.807) is 7.11 Å². The van der Waals surface area contributed by atoms with Gasteiger partial charge < -0.3 is 24.8 Å². The van der Waals surface area contributed by atoms with Crippen LogP contribution in [0, 0.1) is 5.92 Å². The average Bonchev–Trinajstić information content (AvgIpc) is 2.92. The lowest BCUT2D eigenvalue weighted by Crippen LogP contribution is -2.38. The summed E-state index contributed by atoms with van der Waals surface area (Å²) in [6.45, 7) is 8.46. The Morgan fingerprint density at radius 1 is 1.11 bits per heavy atom. The van der Waals surface area contributed by atoms with Crippen molar-refractivity contribution in [3.05, 3.63) is 59.2 Å². The van der Waals surface area contributed by atoms with Gasteiger partial charge in [-0.1, -0.05) is 32.0 Å². The van der Waals surface area contributed by atoms with Gasteiger partial charge in [0.05, 0.1) is 19.8 Å². The number of amides is 2. The molecule has 1 aliphatic heterocycles. The zero-order valence-electron chi connectivity index (χ0n) is 23.1. The van der Waals surface area contributed by atoms with Gasteiger partial charge >= 0.3 is 0 Å². The number of rotatable bonds is 10. The molecule has 0 aliphatic carbocycles. The molecule has 2 aromatic carbocycles. The zero-order chi connectivity index (χ0) is 27.2. The Hall–Kier alpha value is -3.10. The summed E-state index contributed by atoms with van der Waals surface area (Å²) in [5, 5.41) is 6.10. The van der Waals surface area contributed by atoms with Crippen molar-refractivity contribution < 1.29 is 23.8 Å². The van der Waals surface area contributed by atoms with Crippen molar-refractivity contribution in [2.24, 2.45) is 5.92 Å². The highest BCUT2D eigenvalue weighted by atomic mass is 16.5. The van der Waals surface area contributed by atoms with Crippen LogP contribution in [-0.4, -0.2) is 63.3 Å². The number of carbonyl (C=O) groups is 2. The number of methoxy groups -OCH3 is 1. The summed E-state index contributed by atoms with van der Waals surface area (Å²) in [7, 11) is 1.64. The fourth-order valence-corrected chi connectivity index (χ4v) is 4.29. The van der Waals surface area contributed by atoms with Gasteiger partial charge in [0.25, 0.3) is 5.91 Å². The molecule has 0 bridgehead atoms. The van der Waals surface area contributed by atoms with E-state index < -0.39 is 0 Å². The largest absolute Gasteiger partial charge is 0.493 e. The molecular weight excluding hydrogens is 482 g/mol. The Labute approximate surface area is 227 Å². The fraction of sp³-hybridized carbons (Fsp3) is 0.533. The van der Waals surface area contributed by atoms with Gasteiger partial charge in [0.1, 0.15) is 18.1 Å². The fourth-order valence-electron chi connectivity index (χ4n) is 4.29. The molecule has 8 nitrogen and oxygen atoms in total. The van der Waals surface area contributed by atoms with Crippen molar-refractivity contribution in [2.75, 3.05) is 46.6 Å². The molecule has 8 heteroatoms. The van der Waals surface area contributed by atoms with Crippen LogP contribution >= 0.6 is 0 Å². The van der Waals surface area contributed by atoms with Crippen molar-refractivity contribution in [1.29, 1.82) is 0 Å². The monoisotopic (exact) mass is 525 g/mol. The number of benzene rings is 2. The van der Waals surface area contributed by atoms with E-state index in [1.165, 1.54) is 0 Å². The van der Waals surface area contributed by atoms with Crippen LogP contribution in [0.25, 0.3) is 0 Å². The average molecular weight is 526 g/mol. The van der Waals surface area contributed by atoms with Crippen LogP contribution in [0.3, 0.4) is 0 Å². The summed E-state index contributed by atoms with van der Waals surface area (Å²) < 4.78 is 16.9. The van der Waals surface area contributed by atoms with Crippen LogP contribution in [0.4, 0.5) is 0 Å². The van der Waals surface area contributed by atoms with Gasteiger partial charge in [0.2, 0.25) is 5.91 Å². The molecule has 0 radical (unpaired) electrons. The molecule has 0 atom stereocenters. The zero-order valence-corrected chi connectivity index (χ0v) is 23.1. The highest BCUT2D eigenvalue weighted by Crippen LogP contribution is 2.26. The van der Waals surface area contributed by atoms with E-state index in [0.717, 1.165) is 49.1 Å². The normalized spacial score (nSPS) is 15.3. The van der Waals surface area contributed by atoms with Crippen molar-refractivity contribution >= 4 is 11.8 Å². The number of hydrogen-bond donors (Lipinski definition) is 2. The standard InChI is InChI=1S/C30H43N3O5/c1-23(2)13-15-33-21-27-26(11-8-12-28(27)38-16-6-4-5-14-31-29(34)22-33)30(35)32-20-24-9-7-10-25(19-24)37-18-17-36-3/h7-12,19,23H,4-6,13-18,20-22H2,1-3H3,(H,31,34)(H,32,35). The minimum atomic E-state index is -0.172. The molecule has 38 heavy (non-hydrogen) atoms. The molecule has 1 heterocycles. The van der Waals surface area contributed by atoms with Crippen molar-refractivity contribution in [1.82, 2.24) is 15.5 Å². The van der Waals surface area contributed by atoms with E-state index in [1.807, 2.05) is 42.5 Å². The first kappa shape index (κ1) is 29.5. The Kier molecular flexibility index (Phi) is 12.4. The van der Waals surface area contributed by atoms with Crippen LogP contribution in [0.2, 0.25) is 0 Å². The minimum absolute atomic E-state index is 0.0185. The lowest BCUT2D eigenvalue weighted by molar-refractivity contribution is -0.122. The Bertz CT molecular complexity index is 1030. The van der Waals surface area contributed by atoms with E-state index >= 15 is 0 Å². The summed E-state index contributed by atoms with van der Waals surface area (Å²) in [5.41, 5.74) is 2.33. The van der Waals surface area contributed by atoms with Crippen LogP contribution < -0.4 is 20.1 Å². The highest BCUT2D eigenvalue weighted by molar-refractivity contribution is 5.96. The number of fused-ring (bicyclic) bond motifs is 1. The maximum absolute atomic E-state index is 13.4. The second-order valence-electron chi connectivity index (χ2n) is 10.1. The molecule has 0 fully saturated rings. The SMILES string of the molecule is COCCOc1cccc(CNC(=O)c2cccc3c2CN(CCC(C)C)CC(=O)NCCCCCO3)c1. The summed E-state index contributed by atoms with van der Waals surface area (Å²) >= 11 is 0. The van der Waals surface area contributed by atoms with Crippen LogP contribution in [0.15, 0.2) is 42.5 Å². The molecular formula is C30H43N3O5. The van der Waals surface area contributed by atoms with Gasteiger partial charge in [-0.05, 0) is 68.0 Å². The Morgan fingerprint density at radius 3 is 2.76 bits per heavy atom. The number of nitrogens with zero attached hydrogens (tertiary/aromatic N) is 1. The third-order valence-corrected chi connectivity index (χ3v) is 6.46. The summed E-state index contributed by atoms with van der Waals surface area (Å²) in [4.78, 5) is 28.2. The smallest absolute Gasteiger partial charge is 0.252 e. The third-order valence-electron chi connectivity index (χ3n) is 6.46. The van der Waals surface area contributed by atoms with Crippen molar-refractivity contribution in [3.8, 4) is 11.5 Å². The van der Waals surface area contributed by atoms with Crippen molar-refractivity contribution in [3.63, 3.8) is 0 Å². The predicted octanol–water partition coefficient (Wildman–Crippen LogP) is 4.17. The van der Waals surface area contributed by atoms with Gasteiger partial charge in [-0.15, -0.1) is 0 Å². The number of nitrogens with one attached hydrogen (secondary N) is 2. The summed E-state index contributed by atoms with van der Waals surface area (Å²) in [6, 6.07) is 13.3. The first-order chi connectivity index (χ1) is 18.5. The third kappa shape index (κ3) is 9.99. The molecule has 0 spiro atoms. The first-order valence-corrected chi connectivity index (χ1v) is 13.7. The van der Waals surface area contributed by atoms with Crippen LogP contribution in [0.1, 0.15) is 61.0 Å². The lowest BCUT2D eigenvalue weighted by Gasteiger charge is -2.25. The second-order valence-corrected chi connectivity index (χ2v) is 10.1. The van der Waals surface area contributed by atoms with E-state index in [9.17, 15) is 9.59 Å². The molecule has 0 saturated carbocycles. The van der Waals surface area contributed by atoms with Gasteiger partial charge in [-0.3, -0.25) is 14.5 Å². The predicted molar refractivity (Wildman–Crippen MR) is 149 cm³/mol. The molecule has 0 aromatic heterocycles. The van der Waals surface area contributed by atoms with E-state index in [2.05, 4.69) is 29.4 Å². The second kappa shape index (κ2) is 16.0. The molecule has 1 aliphatic rings. The minimum Gasteiger partial charge on any atom is -0.493 e. The Balaban J connectivity index is 1.79. The van der Waals surface area contributed by atoms with Crippen LogP contribution in [-0.2, 0) is 22.6 Å². The van der Waals surface area contributed by atoms with E-state index in [-0.39, 0.29) is 18.4 Å². The van der Waals surface area contributed by atoms with Crippen molar-refractivity contribution in [2.45, 2.75) is 52.6 Å². The summed E-state index contributed by atoms with van der Waals surface area (Å²) in [5.74, 6) is 1.80. The van der Waals surface area contributed by atoms with Gasteiger partial charge in [-0.25, -0.2) is 0 Å². The van der Waals surface area contributed by atoms with E-state index in [4.69, 9.17) is 14.2 Å². The molecule has 2 aromatic rings. The molecule has 3 rings (SSSR count). The molecule has 0 saturated heterocycles. The summed E-state index contributed by atoms with van der Waals surface area (Å²) in [6.07, 6.45) is 3.75. The maximum Gasteiger partial charge on any atom is 0.252 e. The van der Waals surface area contributed by atoms with E-state index in [0.29, 0.717) is 56.7 Å². The quantitative estimate of drug-likeness (QED) is 0.453. The molecule has 208 valence electrons. The van der Waals surface area contributed by atoms with Gasteiger partial charge in [0, 0.05) is 37.9 Å². The maximum atomic E-state index is 13.4. The van der Waals surface area contributed by atoms with Gasteiger partial charge in [0.15, 0.2) is 0 Å². The van der Waals surface area contributed by atoms with Gasteiger partial charge in [-0.2, -0.15) is 0 Å². The first-order valence-electron chi connectivity index (χ1n) is 13.7. The topological polar surface area (TPSA) is 89.1 Å². The lowest BCUT2D eigenvalue weighted by atomic mass is 10.0. The number of ether oxygens (including phenoxy) is 3. The number of hydrogen-bond acceptors (Lipinski definition) is 6. The highest BCUT2D eigenvalue weighted by Gasteiger charge is 2.21. The number of carbonyl (C=O) groups excluding carboxylic acids is 2.